The van der Waals surface area contributed by atoms with Crippen LogP contribution in [0.5, 0.6) is 0 Å². The molecule has 3 aromatic carbocycles. The number of halogens is 3. The molecule has 0 radical (unpaired) electrons. The molecule has 3 aromatic rings. The quantitative estimate of drug-likeness (QED) is 0.364. The summed E-state index contributed by atoms with van der Waals surface area (Å²) in [5.74, 6) is -1.55. The van der Waals surface area contributed by atoms with E-state index in [1.54, 1.807) is 24.3 Å². The van der Waals surface area contributed by atoms with Gasteiger partial charge in [-0.2, -0.15) is 0 Å². The van der Waals surface area contributed by atoms with Crippen molar-refractivity contribution in [3.05, 3.63) is 98.0 Å². The molecular formula is C22H12Cl3NO4. The number of carbonyl (C=O) groups is 3. The van der Waals surface area contributed by atoms with Gasteiger partial charge in [0.1, 0.15) is 6.61 Å². The minimum Gasteiger partial charge on any atom is -0.457 e. The van der Waals surface area contributed by atoms with Crippen molar-refractivity contribution in [2.45, 2.75) is 6.61 Å². The van der Waals surface area contributed by atoms with Gasteiger partial charge >= 0.3 is 5.97 Å². The number of ether oxygens (including phenoxy) is 1. The SMILES string of the molecule is O=C(OCc1ccc(Cl)cc1)c1ccc(N2C(=O)c3cc(Cl)c(Cl)cc3C2=O)cc1. The second-order valence-corrected chi connectivity index (χ2v) is 7.76. The highest BCUT2D eigenvalue weighted by molar-refractivity contribution is 6.44. The second-order valence-electron chi connectivity index (χ2n) is 6.51. The molecule has 0 N–H and O–H groups in total. The smallest absolute Gasteiger partial charge is 0.338 e. The third-order valence-corrected chi connectivity index (χ3v) is 5.55. The number of hydrogen-bond acceptors (Lipinski definition) is 4. The van der Waals surface area contributed by atoms with Crippen molar-refractivity contribution in [1.82, 2.24) is 0 Å². The van der Waals surface area contributed by atoms with E-state index in [9.17, 15) is 14.4 Å². The zero-order valence-corrected chi connectivity index (χ0v) is 17.5. The number of fused-ring (bicyclic) bond motifs is 1. The lowest BCUT2D eigenvalue weighted by atomic mass is 10.1. The van der Waals surface area contributed by atoms with E-state index in [-0.39, 0.29) is 33.3 Å². The summed E-state index contributed by atoms with van der Waals surface area (Å²) < 4.78 is 5.28. The molecule has 30 heavy (non-hydrogen) atoms. The van der Waals surface area contributed by atoms with Crippen LogP contribution in [0.2, 0.25) is 15.1 Å². The summed E-state index contributed by atoms with van der Waals surface area (Å²) in [4.78, 5) is 38.6. The van der Waals surface area contributed by atoms with Gasteiger partial charge in [-0.3, -0.25) is 9.59 Å². The third kappa shape index (κ3) is 3.79. The van der Waals surface area contributed by atoms with Crippen molar-refractivity contribution in [1.29, 1.82) is 0 Å². The molecule has 0 saturated heterocycles. The Kier molecular flexibility index (Phi) is 5.52. The molecule has 150 valence electrons. The highest BCUT2D eigenvalue weighted by Gasteiger charge is 2.37. The lowest BCUT2D eigenvalue weighted by molar-refractivity contribution is 0.0472. The average molecular weight is 461 g/mol. The van der Waals surface area contributed by atoms with Gasteiger partial charge in [-0.15, -0.1) is 0 Å². The first-order valence-electron chi connectivity index (χ1n) is 8.74. The van der Waals surface area contributed by atoms with Crippen LogP contribution in [-0.2, 0) is 11.3 Å². The summed E-state index contributed by atoms with van der Waals surface area (Å²) in [7, 11) is 0. The summed E-state index contributed by atoms with van der Waals surface area (Å²) in [6.45, 7) is 0.0949. The maximum absolute atomic E-state index is 12.7. The first-order chi connectivity index (χ1) is 14.3. The number of rotatable bonds is 4. The zero-order chi connectivity index (χ0) is 21.4. The fourth-order valence-corrected chi connectivity index (χ4v) is 3.48. The van der Waals surface area contributed by atoms with Gasteiger partial charge in [-0.05, 0) is 54.1 Å². The summed E-state index contributed by atoms with van der Waals surface area (Å²) in [5.41, 5.74) is 1.77. The van der Waals surface area contributed by atoms with Crippen molar-refractivity contribution in [2.75, 3.05) is 4.90 Å². The molecular weight excluding hydrogens is 449 g/mol. The van der Waals surface area contributed by atoms with E-state index >= 15 is 0 Å². The van der Waals surface area contributed by atoms with Crippen LogP contribution in [0.1, 0.15) is 36.6 Å². The van der Waals surface area contributed by atoms with E-state index < -0.39 is 17.8 Å². The summed E-state index contributed by atoms with van der Waals surface area (Å²) >= 11 is 17.8. The maximum Gasteiger partial charge on any atom is 0.338 e. The molecule has 0 aromatic heterocycles. The molecule has 2 amide bonds. The average Bonchev–Trinajstić information content (AvgIpc) is 2.97. The monoisotopic (exact) mass is 459 g/mol. The predicted molar refractivity (Wildman–Crippen MR) is 115 cm³/mol. The summed E-state index contributed by atoms with van der Waals surface area (Å²) in [5, 5.41) is 0.979. The van der Waals surface area contributed by atoms with Crippen LogP contribution in [0.25, 0.3) is 0 Å². The van der Waals surface area contributed by atoms with Crippen LogP contribution < -0.4 is 4.90 Å². The second kappa shape index (κ2) is 8.11. The van der Waals surface area contributed by atoms with Crippen molar-refractivity contribution in [3.8, 4) is 0 Å². The molecule has 8 heteroatoms. The maximum atomic E-state index is 12.7. The Bertz CT molecular complexity index is 1130. The lowest BCUT2D eigenvalue weighted by Gasteiger charge is -2.14. The number of benzene rings is 3. The predicted octanol–water partition coefficient (Wildman–Crippen LogP) is 5.80. The standard InChI is InChI=1S/C22H12Cl3NO4/c23-14-5-1-12(2-6-14)11-30-22(29)13-3-7-15(8-4-13)26-20(27)16-9-18(24)19(25)10-17(16)21(26)28/h1-10H,11H2. The van der Waals surface area contributed by atoms with Gasteiger partial charge < -0.3 is 4.74 Å². The molecule has 0 bridgehead atoms. The molecule has 0 fully saturated rings. The Morgan fingerprint density at radius 2 is 1.33 bits per heavy atom. The fraction of sp³-hybridized carbons (Fsp3) is 0.0455. The number of anilines is 1. The minimum absolute atomic E-state index is 0.0949. The van der Waals surface area contributed by atoms with Gasteiger partial charge in [-0.1, -0.05) is 46.9 Å². The minimum atomic E-state index is -0.530. The Morgan fingerprint density at radius 3 is 1.87 bits per heavy atom. The molecule has 4 rings (SSSR count). The van der Waals surface area contributed by atoms with Crippen molar-refractivity contribution in [3.63, 3.8) is 0 Å². The molecule has 1 aliphatic heterocycles. The molecule has 1 aliphatic rings. The zero-order valence-electron chi connectivity index (χ0n) is 15.2. The van der Waals surface area contributed by atoms with Gasteiger partial charge in [0.25, 0.3) is 11.8 Å². The number of hydrogen-bond donors (Lipinski definition) is 0. The van der Waals surface area contributed by atoms with Gasteiger partial charge in [0.2, 0.25) is 0 Å². The van der Waals surface area contributed by atoms with E-state index in [0.717, 1.165) is 10.5 Å². The number of carbonyl (C=O) groups excluding carboxylic acids is 3. The Labute approximate surface area is 186 Å². The number of esters is 1. The number of nitrogens with zero attached hydrogens (tertiary/aromatic N) is 1. The van der Waals surface area contributed by atoms with Crippen molar-refractivity contribution in [2.24, 2.45) is 0 Å². The van der Waals surface area contributed by atoms with Gasteiger partial charge in [0.05, 0.1) is 32.4 Å². The molecule has 0 unspecified atom stereocenters. The van der Waals surface area contributed by atoms with E-state index in [2.05, 4.69) is 0 Å². The van der Waals surface area contributed by atoms with E-state index in [4.69, 9.17) is 39.5 Å². The van der Waals surface area contributed by atoms with E-state index in [1.807, 2.05) is 0 Å². The summed E-state index contributed by atoms with van der Waals surface area (Å²) in [6.07, 6.45) is 0. The van der Waals surface area contributed by atoms with Crippen LogP contribution in [0, 0.1) is 0 Å². The molecule has 5 nitrogen and oxygen atoms in total. The van der Waals surface area contributed by atoms with Crippen LogP contribution in [0.3, 0.4) is 0 Å². The first-order valence-corrected chi connectivity index (χ1v) is 9.88. The Balaban J connectivity index is 1.49. The van der Waals surface area contributed by atoms with Crippen LogP contribution in [0.4, 0.5) is 5.69 Å². The Hall–Kier alpha value is -2.86. The molecule has 0 spiro atoms. The van der Waals surface area contributed by atoms with Gasteiger partial charge in [-0.25, -0.2) is 9.69 Å². The van der Waals surface area contributed by atoms with Crippen molar-refractivity contribution >= 4 is 58.3 Å². The van der Waals surface area contributed by atoms with E-state index in [0.29, 0.717) is 10.7 Å². The highest BCUT2D eigenvalue weighted by atomic mass is 35.5. The topological polar surface area (TPSA) is 63.7 Å². The molecule has 0 saturated carbocycles. The Morgan fingerprint density at radius 1 is 0.800 bits per heavy atom. The normalized spacial score (nSPS) is 12.8. The van der Waals surface area contributed by atoms with Gasteiger partial charge in [0.15, 0.2) is 0 Å². The molecule has 0 atom stereocenters. The third-order valence-electron chi connectivity index (χ3n) is 4.57. The summed E-state index contributed by atoms with van der Waals surface area (Å²) in [6, 6.07) is 15.7. The largest absolute Gasteiger partial charge is 0.457 e. The fourth-order valence-electron chi connectivity index (χ4n) is 3.03. The number of amides is 2. The van der Waals surface area contributed by atoms with Gasteiger partial charge in [0, 0.05) is 5.02 Å². The van der Waals surface area contributed by atoms with E-state index in [1.165, 1.54) is 36.4 Å². The first kappa shape index (κ1) is 20.4. The van der Waals surface area contributed by atoms with Crippen LogP contribution >= 0.6 is 34.8 Å². The molecule has 1 heterocycles. The number of imide groups is 1. The van der Waals surface area contributed by atoms with Crippen LogP contribution in [0.15, 0.2) is 60.7 Å². The van der Waals surface area contributed by atoms with Crippen molar-refractivity contribution < 1.29 is 19.1 Å². The lowest BCUT2D eigenvalue weighted by Crippen LogP contribution is -2.29. The van der Waals surface area contributed by atoms with Crippen LogP contribution in [-0.4, -0.2) is 17.8 Å². The molecule has 0 aliphatic carbocycles. The highest BCUT2D eigenvalue weighted by Crippen LogP contribution is 2.34.